The molecule has 0 fully saturated rings. The molecule has 0 aliphatic heterocycles. The fourth-order valence-electron chi connectivity index (χ4n) is 2.43. The molecule has 2 aromatic rings. The number of amides is 1. The van der Waals surface area contributed by atoms with Gasteiger partial charge in [0.2, 0.25) is 0 Å². The third-order valence-electron chi connectivity index (χ3n) is 4.14. The summed E-state index contributed by atoms with van der Waals surface area (Å²) in [6.07, 6.45) is 5.09. The smallest absolute Gasteiger partial charge is 0.261 e. The number of hydrogen-bond acceptors (Lipinski definition) is 3. The van der Waals surface area contributed by atoms with Gasteiger partial charge in [0.1, 0.15) is 0 Å². The van der Waals surface area contributed by atoms with Crippen LogP contribution in [0.4, 0.5) is 5.69 Å². The van der Waals surface area contributed by atoms with Gasteiger partial charge in [0, 0.05) is 18.4 Å². The van der Waals surface area contributed by atoms with Gasteiger partial charge < -0.3 is 4.90 Å². The number of hydrogen-bond donors (Lipinski definition) is 0. The highest BCUT2D eigenvalue weighted by Crippen LogP contribution is 2.22. The summed E-state index contributed by atoms with van der Waals surface area (Å²) in [6.45, 7) is 10.9. The standard InChI is InChI=1S/C17H24N4O/c1-6-20(15-8-7-9-18-10-15)17(22)16-11-19-21(14(16)5)13(4)12(2)3/h7-13H,6H2,1-5H3. The topological polar surface area (TPSA) is 51.0 Å². The van der Waals surface area contributed by atoms with Crippen molar-refractivity contribution in [1.29, 1.82) is 0 Å². The molecule has 0 aliphatic carbocycles. The number of pyridine rings is 1. The Morgan fingerprint density at radius 3 is 2.59 bits per heavy atom. The predicted molar refractivity (Wildman–Crippen MR) is 88.1 cm³/mol. The molecule has 5 nitrogen and oxygen atoms in total. The summed E-state index contributed by atoms with van der Waals surface area (Å²) in [6, 6.07) is 3.99. The Balaban J connectivity index is 2.33. The number of anilines is 1. The highest BCUT2D eigenvalue weighted by atomic mass is 16.2. The monoisotopic (exact) mass is 300 g/mol. The average Bonchev–Trinajstić information content (AvgIpc) is 2.89. The van der Waals surface area contributed by atoms with E-state index in [9.17, 15) is 4.79 Å². The van der Waals surface area contributed by atoms with Gasteiger partial charge in [-0.15, -0.1) is 0 Å². The Morgan fingerprint density at radius 1 is 1.32 bits per heavy atom. The molecule has 1 atom stereocenters. The molecule has 0 radical (unpaired) electrons. The van der Waals surface area contributed by atoms with Gasteiger partial charge in [0.25, 0.3) is 5.91 Å². The van der Waals surface area contributed by atoms with Crippen molar-refractivity contribution < 1.29 is 4.79 Å². The Labute approximate surface area is 132 Å². The highest BCUT2D eigenvalue weighted by Gasteiger charge is 2.23. The van der Waals surface area contributed by atoms with E-state index in [0.717, 1.165) is 11.4 Å². The molecule has 0 bridgehead atoms. The Bertz CT molecular complexity index is 633. The average molecular weight is 300 g/mol. The van der Waals surface area contributed by atoms with Crippen molar-refractivity contribution in [3.63, 3.8) is 0 Å². The van der Waals surface area contributed by atoms with Crippen LogP contribution in [-0.4, -0.2) is 27.2 Å². The molecule has 0 aromatic carbocycles. The van der Waals surface area contributed by atoms with E-state index in [4.69, 9.17) is 0 Å². The molecule has 2 aromatic heterocycles. The first-order valence-electron chi connectivity index (χ1n) is 7.73. The van der Waals surface area contributed by atoms with Crippen molar-refractivity contribution in [3.8, 4) is 0 Å². The van der Waals surface area contributed by atoms with Gasteiger partial charge in [-0.3, -0.25) is 14.5 Å². The maximum atomic E-state index is 12.8. The molecule has 0 aliphatic rings. The summed E-state index contributed by atoms with van der Waals surface area (Å²) in [4.78, 5) is 18.7. The number of nitrogens with zero attached hydrogens (tertiary/aromatic N) is 4. The van der Waals surface area contributed by atoms with E-state index < -0.39 is 0 Å². The molecule has 0 N–H and O–H groups in total. The lowest BCUT2D eigenvalue weighted by atomic mass is 10.1. The summed E-state index contributed by atoms with van der Waals surface area (Å²) in [5.74, 6) is 0.428. The number of carbonyl (C=O) groups excluding carboxylic acids is 1. The molecule has 1 unspecified atom stereocenters. The molecule has 0 saturated carbocycles. The van der Waals surface area contributed by atoms with Crippen LogP contribution in [0.15, 0.2) is 30.7 Å². The second-order valence-corrected chi connectivity index (χ2v) is 5.83. The molecule has 0 spiro atoms. The molecule has 118 valence electrons. The van der Waals surface area contributed by atoms with Crippen LogP contribution in [0.5, 0.6) is 0 Å². The molecule has 22 heavy (non-hydrogen) atoms. The van der Waals surface area contributed by atoms with Crippen LogP contribution in [0.1, 0.15) is 49.8 Å². The van der Waals surface area contributed by atoms with Crippen LogP contribution in [0, 0.1) is 12.8 Å². The van der Waals surface area contributed by atoms with E-state index in [1.807, 2.05) is 30.7 Å². The molecule has 1 amide bonds. The van der Waals surface area contributed by atoms with Crippen LogP contribution in [0.2, 0.25) is 0 Å². The number of rotatable bonds is 5. The quantitative estimate of drug-likeness (QED) is 0.849. The van der Waals surface area contributed by atoms with Gasteiger partial charge in [0.15, 0.2) is 0 Å². The third kappa shape index (κ3) is 3.03. The fraction of sp³-hybridized carbons (Fsp3) is 0.471. The number of aromatic nitrogens is 3. The maximum absolute atomic E-state index is 12.8. The van der Waals surface area contributed by atoms with Crippen LogP contribution in [-0.2, 0) is 0 Å². The zero-order valence-corrected chi connectivity index (χ0v) is 13.9. The van der Waals surface area contributed by atoms with Gasteiger partial charge >= 0.3 is 0 Å². The molecule has 5 heteroatoms. The van der Waals surface area contributed by atoms with Crippen molar-refractivity contribution in [2.24, 2.45) is 5.92 Å². The summed E-state index contributed by atoms with van der Waals surface area (Å²) in [5.41, 5.74) is 2.37. The van der Waals surface area contributed by atoms with E-state index in [1.54, 1.807) is 23.5 Å². The summed E-state index contributed by atoms with van der Waals surface area (Å²) >= 11 is 0. The molecule has 2 rings (SSSR count). The van der Waals surface area contributed by atoms with Gasteiger partial charge in [-0.2, -0.15) is 5.10 Å². The van der Waals surface area contributed by atoms with Crippen molar-refractivity contribution >= 4 is 11.6 Å². The first-order chi connectivity index (χ1) is 10.5. The lowest BCUT2D eigenvalue weighted by Gasteiger charge is -2.21. The van der Waals surface area contributed by atoms with Gasteiger partial charge in [0.05, 0.1) is 29.7 Å². The second-order valence-electron chi connectivity index (χ2n) is 5.83. The van der Waals surface area contributed by atoms with Crippen molar-refractivity contribution in [2.45, 2.75) is 40.7 Å². The van der Waals surface area contributed by atoms with Crippen LogP contribution >= 0.6 is 0 Å². The van der Waals surface area contributed by atoms with E-state index in [-0.39, 0.29) is 11.9 Å². The SMILES string of the molecule is CCN(C(=O)c1cnn(C(C)C(C)C)c1C)c1cccnc1. The maximum Gasteiger partial charge on any atom is 0.261 e. The summed E-state index contributed by atoms with van der Waals surface area (Å²) in [7, 11) is 0. The molecule has 0 saturated heterocycles. The molecular weight excluding hydrogens is 276 g/mol. The van der Waals surface area contributed by atoms with Crippen LogP contribution < -0.4 is 4.90 Å². The van der Waals surface area contributed by atoms with Crippen molar-refractivity contribution in [3.05, 3.63) is 42.0 Å². The minimum atomic E-state index is -0.0322. The van der Waals surface area contributed by atoms with Crippen molar-refractivity contribution in [1.82, 2.24) is 14.8 Å². The van der Waals surface area contributed by atoms with Gasteiger partial charge in [-0.1, -0.05) is 13.8 Å². The number of carbonyl (C=O) groups is 1. The molecular formula is C17H24N4O. The normalized spacial score (nSPS) is 12.5. The largest absolute Gasteiger partial charge is 0.307 e. The Kier molecular flexibility index (Phi) is 4.96. The Morgan fingerprint density at radius 2 is 2.05 bits per heavy atom. The van der Waals surface area contributed by atoms with Gasteiger partial charge in [-0.05, 0) is 38.8 Å². The van der Waals surface area contributed by atoms with Crippen LogP contribution in [0.25, 0.3) is 0 Å². The predicted octanol–water partition coefficient (Wildman–Crippen LogP) is 3.47. The lowest BCUT2D eigenvalue weighted by molar-refractivity contribution is 0.0987. The fourth-order valence-corrected chi connectivity index (χ4v) is 2.43. The first-order valence-corrected chi connectivity index (χ1v) is 7.73. The zero-order chi connectivity index (χ0) is 16.3. The van der Waals surface area contributed by atoms with E-state index in [2.05, 4.69) is 30.9 Å². The highest BCUT2D eigenvalue weighted by molar-refractivity contribution is 6.06. The summed E-state index contributed by atoms with van der Waals surface area (Å²) < 4.78 is 1.94. The molecule has 2 heterocycles. The van der Waals surface area contributed by atoms with Crippen LogP contribution in [0.3, 0.4) is 0 Å². The third-order valence-corrected chi connectivity index (χ3v) is 4.14. The Hall–Kier alpha value is -2.17. The lowest BCUT2D eigenvalue weighted by Crippen LogP contribution is -2.31. The van der Waals surface area contributed by atoms with E-state index >= 15 is 0 Å². The summed E-state index contributed by atoms with van der Waals surface area (Å²) in [5, 5.41) is 4.42. The second kappa shape index (κ2) is 6.73. The zero-order valence-electron chi connectivity index (χ0n) is 13.9. The minimum absolute atomic E-state index is 0.0322. The van der Waals surface area contributed by atoms with Gasteiger partial charge in [-0.25, -0.2) is 0 Å². The van der Waals surface area contributed by atoms with E-state index in [0.29, 0.717) is 18.0 Å². The van der Waals surface area contributed by atoms with E-state index in [1.165, 1.54) is 0 Å². The minimum Gasteiger partial charge on any atom is -0.307 e. The van der Waals surface area contributed by atoms with Crippen molar-refractivity contribution in [2.75, 3.05) is 11.4 Å². The first kappa shape index (κ1) is 16.2.